The summed E-state index contributed by atoms with van der Waals surface area (Å²) in [5, 5.41) is 9.95. The molecule has 1 atom stereocenters. The van der Waals surface area contributed by atoms with Gasteiger partial charge in [0, 0.05) is 12.0 Å². The van der Waals surface area contributed by atoms with E-state index in [1.165, 1.54) is 0 Å². The number of aliphatic hydroxyl groups excluding tert-OH is 1. The van der Waals surface area contributed by atoms with E-state index in [1.54, 1.807) is 14.0 Å². The maximum Gasteiger partial charge on any atom is 0.333 e. The highest BCUT2D eigenvalue weighted by molar-refractivity contribution is 5.86. The number of ether oxygens (including phenoxy) is 2. The predicted molar refractivity (Wildman–Crippen MR) is 82.4 cm³/mol. The van der Waals surface area contributed by atoms with Gasteiger partial charge in [0.15, 0.2) is 0 Å². The zero-order valence-corrected chi connectivity index (χ0v) is 12.6. The fourth-order valence-corrected chi connectivity index (χ4v) is 1.86. The van der Waals surface area contributed by atoms with Crippen LogP contribution in [0.5, 0.6) is 5.75 Å². The van der Waals surface area contributed by atoms with Gasteiger partial charge in [-0.25, -0.2) is 4.79 Å². The normalized spacial score (nSPS) is 11.6. The van der Waals surface area contributed by atoms with Crippen LogP contribution in [0, 0.1) is 0 Å². The Morgan fingerprint density at radius 3 is 2.76 bits per heavy atom. The zero-order valence-electron chi connectivity index (χ0n) is 12.6. The van der Waals surface area contributed by atoms with E-state index >= 15 is 0 Å². The summed E-state index contributed by atoms with van der Waals surface area (Å²) in [5.41, 5.74) is 2.27. The van der Waals surface area contributed by atoms with Gasteiger partial charge in [0.25, 0.3) is 0 Å². The maximum atomic E-state index is 11.3. The largest absolute Gasteiger partial charge is 0.496 e. The van der Waals surface area contributed by atoms with Gasteiger partial charge in [-0.05, 0) is 30.5 Å². The van der Waals surface area contributed by atoms with Crippen molar-refractivity contribution in [2.45, 2.75) is 25.9 Å². The van der Waals surface area contributed by atoms with Crippen LogP contribution in [0.3, 0.4) is 0 Å². The van der Waals surface area contributed by atoms with Gasteiger partial charge in [0.05, 0.1) is 13.2 Å². The quantitative estimate of drug-likeness (QED) is 0.454. The van der Waals surface area contributed by atoms with Gasteiger partial charge in [0.2, 0.25) is 0 Å². The van der Waals surface area contributed by atoms with Crippen molar-refractivity contribution in [1.82, 2.24) is 0 Å². The number of rotatable bonds is 8. The molecule has 0 spiro atoms. The molecule has 0 aliphatic rings. The molecule has 0 aromatic heterocycles. The number of carbonyl (C=O) groups is 1. The molecular formula is C17H22O4. The van der Waals surface area contributed by atoms with Crippen LogP contribution < -0.4 is 4.74 Å². The van der Waals surface area contributed by atoms with Gasteiger partial charge < -0.3 is 14.6 Å². The van der Waals surface area contributed by atoms with Gasteiger partial charge in [-0.2, -0.15) is 0 Å². The smallest absolute Gasteiger partial charge is 0.333 e. The Morgan fingerprint density at radius 1 is 1.48 bits per heavy atom. The number of hydrogen-bond donors (Lipinski definition) is 1. The van der Waals surface area contributed by atoms with E-state index in [9.17, 15) is 9.90 Å². The van der Waals surface area contributed by atoms with E-state index in [1.807, 2.05) is 24.3 Å². The molecule has 1 aromatic carbocycles. The van der Waals surface area contributed by atoms with Crippen LogP contribution in [0.2, 0.25) is 0 Å². The highest BCUT2D eigenvalue weighted by Crippen LogP contribution is 2.22. The van der Waals surface area contributed by atoms with E-state index in [-0.39, 0.29) is 6.61 Å². The van der Waals surface area contributed by atoms with Gasteiger partial charge in [0.1, 0.15) is 12.4 Å². The Bertz CT molecular complexity index is 520. The second-order valence-corrected chi connectivity index (χ2v) is 4.88. The molecule has 1 unspecified atom stereocenters. The molecule has 1 rings (SSSR count). The standard InChI is InChI=1S/C17H22O4/c1-5-6-13-7-8-14(16(9-13)20-4)10-15(18)11-21-17(19)12(2)3/h5,7-9,15,18H,1-2,6,10-11H2,3-4H3. The summed E-state index contributed by atoms with van der Waals surface area (Å²) >= 11 is 0. The van der Waals surface area contributed by atoms with E-state index in [0.29, 0.717) is 17.7 Å². The Labute approximate surface area is 125 Å². The first kappa shape index (κ1) is 17.0. The number of hydrogen-bond acceptors (Lipinski definition) is 4. The molecular weight excluding hydrogens is 268 g/mol. The highest BCUT2D eigenvalue weighted by Gasteiger charge is 2.13. The van der Waals surface area contributed by atoms with Gasteiger partial charge in [-0.15, -0.1) is 6.58 Å². The van der Waals surface area contributed by atoms with Crippen LogP contribution in [-0.2, 0) is 22.4 Å². The lowest BCUT2D eigenvalue weighted by atomic mass is 10.0. The third-order valence-corrected chi connectivity index (χ3v) is 2.94. The number of carbonyl (C=O) groups excluding carboxylic acids is 1. The summed E-state index contributed by atoms with van der Waals surface area (Å²) in [6.45, 7) is 8.69. The SMILES string of the molecule is C=CCc1ccc(CC(O)COC(=O)C(=C)C)c(OC)c1. The van der Waals surface area contributed by atoms with Crippen molar-refractivity contribution in [2.24, 2.45) is 0 Å². The molecule has 0 amide bonds. The Kier molecular flexibility index (Phi) is 6.69. The summed E-state index contributed by atoms with van der Waals surface area (Å²) in [7, 11) is 1.59. The molecule has 1 aromatic rings. The zero-order chi connectivity index (χ0) is 15.8. The van der Waals surface area contributed by atoms with E-state index < -0.39 is 12.1 Å². The second kappa shape index (κ2) is 8.27. The van der Waals surface area contributed by atoms with E-state index in [2.05, 4.69) is 13.2 Å². The Hall–Kier alpha value is -2.07. The van der Waals surface area contributed by atoms with Crippen LogP contribution in [0.15, 0.2) is 43.0 Å². The molecule has 0 fully saturated rings. The van der Waals surface area contributed by atoms with Crippen LogP contribution >= 0.6 is 0 Å². The van der Waals surface area contributed by atoms with Crippen LogP contribution in [0.1, 0.15) is 18.1 Å². The molecule has 1 N–H and O–H groups in total. The van der Waals surface area contributed by atoms with Gasteiger partial charge in [-0.1, -0.05) is 24.8 Å². The van der Waals surface area contributed by atoms with Crippen molar-refractivity contribution in [1.29, 1.82) is 0 Å². The van der Waals surface area contributed by atoms with E-state index in [0.717, 1.165) is 17.5 Å². The fraction of sp³-hybridized carbons (Fsp3) is 0.353. The number of aliphatic hydroxyl groups is 1. The molecule has 0 aliphatic heterocycles. The molecule has 21 heavy (non-hydrogen) atoms. The molecule has 0 bridgehead atoms. The van der Waals surface area contributed by atoms with Crippen molar-refractivity contribution >= 4 is 5.97 Å². The van der Waals surface area contributed by atoms with Crippen molar-refractivity contribution in [3.63, 3.8) is 0 Å². The third-order valence-electron chi connectivity index (χ3n) is 2.94. The molecule has 0 aliphatic carbocycles. The monoisotopic (exact) mass is 290 g/mol. The topological polar surface area (TPSA) is 55.8 Å². The molecule has 4 heteroatoms. The number of methoxy groups -OCH3 is 1. The minimum absolute atomic E-state index is 0.0662. The second-order valence-electron chi connectivity index (χ2n) is 4.88. The predicted octanol–water partition coefficient (Wildman–Crippen LogP) is 2.45. The summed E-state index contributed by atoms with van der Waals surface area (Å²) < 4.78 is 10.3. The van der Waals surface area contributed by atoms with Crippen LogP contribution in [-0.4, -0.2) is 30.9 Å². The lowest BCUT2D eigenvalue weighted by molar-refractivity contribution is -0.141. The van der Waals surface area contributed by atoms with Crippen molar-refractivity contribution < 1.29 is 19.4 Å². The first-order valence-electron chi connectivity index (χ1n) is 6.75. The van der Waals surface area contributed by atoms with E-state index in [4.69, 9.17) is 9.47 Å². The van der Waals surface area contributed by atoms with Crippen molar-refractivity contribution in [3.8, 4) is 5.75 Å². The Morgan fingerprint density at radius 2 is 2.19 bits per heavy atom. The van der Waals surface area contributed by atoms with Crippen molar-refractivity contribution in [3.05, 3.63) is 54.1 Å². The average molecular weight is 290 g/mol. The third kappa shape index (κ3) is 5.44. The minimum atomic E-state index is -0.785. The molecule has 0 saturated carbocycles. The molecule has 0 radical (unpaired) electrons. The molecule has 0 heterocycles. The summed E-state index contributed by atoms with van der Waals surface area (Å²) in [5.74, 6) is 0.210. The van der Waals surface area contributed by atoms with Gasteiger partial charge in [-0.3, -0.25) is 0 Å². The average Bonchev–Trinajstić information content (AvgIpc) is 2.46. The van der Waals surface area contributed by atoms with Crippen molar-refractivity contribution in [2.75, 3.05) is 13.7 Å². The fourth-order valence-electron chi connectivity index (χ4n) is 1.86. The summed E-state index contributed by atoms with van der Waals surface area (Å²) in [4.78, 5) is 11.3. The lowest BCUT2D eigenvalue weighted by Crippen LogP contribution is -2.21. The number of allylic oxidation sites excluding steroid dienone is 1. The van der Waals surface area contributed by atoms with Crippen LogP contribution in [0.4, 0.5) is 0 Å². The molecule has 4 nitrogen and oxygen atoms in total. The number of esters is 1. The van der Waals surface area contributed by atoms with Crippen LogP contribution in [0.25, 0.3) is 0 Å². The minimum Gasteiger partial charge on any atom is -0.496 e. The molecule has 114 valence electrons. The number of benzene rings is 1. The molecule has 0 saturated heterocycles. The lowest BCUT2D eigenvalue weighted by Gasteiger charge is -2.14. The highest BCUT2D eigenvalue weighted by atomic mass is 16.5. The summed E-state index contributed by atoms with van der Waals surface area (Å²) in [6, 6.07) is 5.79. The maximum absolute atomic E-state index is 11.3. The first-order valence-corrected chi connectivity index (χ1v) is 6.75. The van der Waals surface area contributed by atoms with Gasteiger partial charge >= 0.3 is 5.97 Å². The Balaban J connectivity index is 2.66. The summed E-state index contributed by atoms with van der Waals surface area (Å²) in [6.07, 6.45) is 2.14. The first-order chi connectivity index (χ1) is 9.97.